The molecule has 38 heavy (non-hydrogen) atoms. The van der Waals surface area contributed by atoms with Crippen molar-refractivity contribution in [1.82, 2.24) is 0 Å². The van der Waals surface area contributed by atoms with Gasteiger partial charge < -0.3 is 9.47 Å². The first kappa shape index (κ1) is 35.2. The second-order valence-corrected chi connectivity index (χ2v) is 11.0. The first-order valence-electron chi connectivity index (χ1n) is 12.7. The van der Waals surface area contributed by atoms with Crippen LogP contribution in [0.2, 0.25) is 0 Å². The number of rotatable bonds is 8. The van der Waals surface area contributed by atoms with Gasteiger partial charge in [0.1, 0.15) is 12.0 Å². The van der Waals surface area contributed by atoms with E-state index in [2.05, 4.69) is 26.0 Å². The van der Waals surface area contributed by atoms with Crippen LogP contribution in [0.1, 0.15) is 62.3 Å². The average molecular weight is 539 g/mol. The van der Waals surface area contributed by atoms with Gasteiger partial charge in [-0.1, -0.05) is 59.7 Å². The Labute approximate surface area is 235 Å². The van der Waals surface area contributed by atoms with Crippen molar-refractivity contribution in [2.45, 2.75) is 78.6 Å². The third-order valence-corrected chi connectivity index (χ3v) is 5.85. The van der Waals surface area contributed by atoms with Gasteiger partial charge in [-0.3, -0.25) is 9.59 Å². The number of aryl methyl sites for hydroxylation is 3. The van der Waals surface area contributed by atoms with Gasteiger partial charge >= 0.3 is 5.97 Å². The van der Waals surface area contributed by atoms with Crippen LogP contribution in [0.15, 0.2) is 61.7 Å². The fourth-order valence-corrected chi connectivity index (χ4v) is 4.03. The second-order valence-electron chi connectivity index (χ2n) is 10.2. The maximum Gasteiger partial charge on any atom is 0.320 e. The van der Waals surface area contributed by atoms with Crippen LogP contribution in [0.3, 0.4) is 0 Å². The largest absolute Gasteiger partial charge is 0.460 e. The van der Waals surface area contributed by atoms with Crippen LogP contribution >= 0.6 is 11.8 Å². The summed E-state index contributed by atoms with van der Waals surface area (Å²) in [4.78, 5) is 26.3. The molecule has 0 heterocycles. The topological polar surface area (TPSA) is 52.6 Å². The fraction of sp³-hybridized carbons (Fsp3) is 0.455. The maximum absolute atomic E-state index is 13.2. The molecule has 1 aliphatic carbocycles. The van der Waals surface area contributed by atoms with Gasteiger partial charge in [-0.15, -0.1) is 26.0 Å². The van der Waals surface area contributed by atoms with E-state index in [1.54, 1.807) is 11.8 Å². The van der Waals surface area contributed by atoms with Gasteiger partial charge in [0.2, 0.25) is 0 Å². The summed E-state index contributed by atoms with van der Waals surface area (Å²) < 4.78 is 11.6. The van der Waals surface area contributed by atoms with Crippen molar-refractivity contribution in [2.75, 3.05) is 12.5 Å². The molecule has 0 N–H and O–H groups in total. The van der Waals surface area contributed by atoms with Crippen LogP contribution in [0.4, 0.5) is 0 Å². The Morgan fingerprint density at radius 1 is 0.921 bits per heavy atom. The molecule has 3 rings (SSSR count). The molecule has 1 aliphatic rings. The minimum atomic E-state index is -1.09. The molecule has 1 fully saturated rings. The predicted octanol–water partition coefficient (Wildman–Crippen LogP) is 7.54. The number of terminal acetylenes is 1. The van der Waals surface area contributed by atoms with E-state index in [0.29, 0.717) is 25.7 Å². The van der Waals surface area contributed by atoms with Crippen molar-refractivity contribution in [1.29, 1.82) is 0 Å². The lowest BCUT2D eigenvalue weighted by atomic mass is 9.63. The summed E-state index contributed by atoms with van der Waals surface area (Å²) in [5.74, 6) is -0.466. The minimum absolute atomic E-state index is 0.0456. The molecule has 0 radical (unpaired) electrons. The van der Waals surface area contributed by atoms with E-state index in [1.807, 2.05) is 95.7 Å². The summed E-state index contributed by atoms with van der Waals surface area (Å²) >= 11 is 1.75. The molecule has 0 unspecified atom stereocenters. The van der Waals surface area contributed by atoms with Crippen molar-refractivity contribution < 1.29 is 19.1 Å². The molecule has 0 atom stereocenters. The standard InChI is InChI=1S/C27H34O4.C2H6S.C2H4.C2H2/c1-19-6-10-21(11-7-19)14-15-24(28)27(16-23(17-27)31-26(3,4)5)25(29)30-18-22-12-8-20(2)9-13-22;1-3-2;2*1-2/h6-13,23H,14-18H2,1-5H3;1-2H3;1-2H2;1-2H. The number of esters is 1. The van der Waals surface area contributed by atoms with E-state index in [-0.39, 0.29) is 24.1 Å². The highest BCUT2D eigenvalue weighted by atomic mass is 32.2. The van der Waals surface area contributed by atoms with Gasteiger partial charge in [0.25, 0.3) is 0 Å². The first-order chi connectivity index (χ1) is 18.0. The quantitative estimate of drug-likeness (QED) is 0.150. The second kappa shape index (κ2) is 17.7. The van der Waals surface area contributed by atoms with Crippen LogP contribution in [-0.4, -0.2) is 36.0 Å². The molecule has 0 bridgehead atoms. The maximum atomic E-state index is 13.2. The Morgan fingerprint density at radius 3 is 1.76 bits per heavy atom. The summed E-state index contributed by atoms with van der Waals surface area (Å²) in [6.45, 7) is 16.2. The number of Topliss-reactive ketones (excluding diaryl/α,β-unsaturated/α-hetero) is 1. The lowest BCUT2D eigenvalue weighted by Crippen LogP contribution is -2.55. The van der Waals surface area contributed by atoms with Gasteiger partial charge in [-0.25, -0.2) is 0 Å². The van der Waals surface area contributed by atoms with Crippen LogP contribution in [0.25, 0.3) is 0 Å². The van der Waals surface area contributed by atoms with Gasteiger partial charge in [-0.05, 0) is 77.5 Å². The van der Waals surface area contributed by atoms with E-state index < -0.39 is 11.4 Å². The van der Waals surface area contributed by atoms with Crippen LogP contribution in [0.5, 0.6) is 0 Å². The molecule has 0 amide bonds. The van der Waals surface area contributed by atoms with Gasteiger partial charge in [0.15, 0.2) is 5.78 Å². The number of carbonyl (C=O) groups excluding carboxylic acids is 2. The third kappa shape index (κ3) is 11.7. The molecular formula is C33H46O4S. The van der Waals surface area contributed by atoms with Gasteiger partial charge in [-0.2, -0.15) is 11.8 Å². The number of hydrogen-bond donors (Lipinski definition) is 0. The number of benzene rings is 2. The Hall–Kier alpha value is -2.81. The van der Waals surface area contributed by atoms with Crippen molar-refractivity contribution in [3.05, 3.63) is 83.9 Å². The molecule has 5 heteroatoms. The summed E-state index contributed by atoms with van der Waals surface area (Å²) in [6, 6.07) is 16.0. The Bertz CT molecular complexity index is 915. The van der Waals surface area contributed by atoms with E-state index in [1.165, 1.54) is 5.56 Å². The van der Waals surface area contributed by atoms with Crippen molar-refractivity contribution in [3.8, 4) is 12.8 Å². The molecule has 4 nitrogen and oxygen atoms in total. The summed E-state index contributed by atoms with van der Waals surface area (Å²) in [5.41, 5.74) is 2.96. The van der Waals surface area contributed by atoms with Gasteiger partial charge in [0, 0.05) is 6.42 Å². The SMILES string of the molecule is C#C.C=C.CSC.Cc1ccc(CCC(=O)C2(C(=O)OCc3ccc(C)cc3)CC(OC(C)(C)C)C2)cc1. The van der Waals surface area contributed by atoms with E-state index in [9.17, 15) is 9.59 Å². The van der Waals surface area contributed by atoms with E-state index in [4.69, 9.17) is 9.47 Å². The molecule has 2 aromatic carbocycles. The monoisotopic (exact) mass is 538 g/mol. The number of thioether (sulfide) groups is 1. The van der Waals surface area contributed by atoms with Crippen molar-refractivity contribution in [3.63, 3.8) is 0 Å². The highest BCUT2D eigenvalue weighted by Gasteiger charge is 2.57. The summed E-state index contributed by atoms with van der Waals surface area (Å²) in [7, 11) is 0. The lowest BCUT2D eigenvalue weighted by molar-refractivity contribution is -0.189. The summed E-state index contributed by atoms with van der Waals surface area (Å²) in [5, 5.41) is 0. The predicted molar refractivity (Wildman–Crippen MR) is 162 cm³/mol. The number of ether oxygens (including phenoxy) is 2. The van der Waals surface area contributed by atoms with Crippen molar-refractivity contribution >= 4 is 23.5 Å². The number of ketones is 1. The molecule has 208 valence electrons. The molecular weight excluding hydrogens is 492 g/mol. The Kier molecular flexibility index (Phi) is 16.3. The molecule has 1 saturated carbocycles. The van der Waals surface area contributed by atoms with Gasteiger partial charge in [0.05, 0.1) is 11.7 Å². The molecule has 0 spiro atoms. The van der Waals surface area contributed by atoms with Crippen LogP contribution in [-0.2, 0) is 32.1 Å². The highest BCUT2D eigenvalue weighted by molar-refractivity contribution is 7.97. The normalized spacial score (nSPS) is 17.6. The van der Waals surface area contributed by atoms with E-state index >= 15 is 0 Å². The number of carbonyl (C=O) groups is 2. The zero-order valence-corrected chi connectivity index (χ0v) is 25.2. The molecule has 0 aliphatic heterocycles. The Morgan fingerprint density at radius 2 is 1.34 bits per heavy atom. The highest BCUT2D eigenvalue weighted by Crippen LogP contribution is 2.47. The zero-order chi connectivity index (χ0) is 29.4. The summed E-state index contributed by atoms with van der Waals surface area (Å²) in [6.07, 6.45) is 13.7. The molecule has 0 saturated heterocycles. The molecule has 2 aromatic rings. The molecule has 0 aromatic heterocycles. The first-order valence-corrected chi connectivity index (χ1v) is 14.4. The van der Waals surface area contributed by atoms with Crippen LogP contribution in [0, 0.1) is 32.1 Å². The van der Waals surface area contributed by atoms with Crippen molar-refractivity contribution in [2.24, 2.45) is 5.41 Å². The van der Waals surface area contributed by atoms with Crippen LogP contribution < -0.4 is 0 Å². The smallest absolute Gasteiger partial charge is 0.320 e. The minimum Gasteiger partial charge on any atom is -0.460 e. The Balaban J connectivity index is 0.00000179. The average Bonchev–Trinajstić information content (AvgIpc) is 2.87. The number of hydrogen-bond acceptors (Lipinski definition) is 5. The zero-order valence-electron chi connectivity index (χ0n) is 24.3. The third-order valence-electron chi connectivity index (χ3n) is 5.85. The lowest BCUT2D eigenvalue weighted by Gasteiger charge is -2.46. The fourth-order valence-electron chi connectivity index (χ4n) is 4.03. The van der Waals surface area contributed by atoms with E-state index in [0.717, 1.165) is 16.7 Å².